The van der Waals surface area contributed by atoms with Crippen LogP contribution in [-0.2, 0) is 0 Å². The molecule has 0 saturated carbocycles. The van der Waals surface area contributed by atoms with Crippen molar-refractivity contribution in [3.05, 3.63) is 47.9 Å². The van der Waals surface area contributed by atoms with E-state index in [0.717, 1.165) is 5.69 Å². The monoisotopic (exact) mass is 203 g/mol. The summed E-state index contributed by atoms with van der Waals surface area (Å²) in [4.78, 5) is 0. The van der Waals surface area contributed by atoms with Gasteiger partial charge in [-0.3, -0.25) is 0 Å². The highest BCUT2D eigenvalue weighted by molar-refractivity contribution is 5.62. The van der Waals surface area contributed by atoms with Crippen LogP contribution in [0.15, 0.2) is 42.7 Å². The lowest BCUT2D eigenvalue weighted by Crippen LogP contribution is -2.98. The summed E-state index contributed by atoms with van der Waals surface area (Å²) in [7, 11) is 1.52. The Morgan fingerprint density at radius 1 is 1.27 bits per heavy atom. The van der Waals surface area contributed by atoms with Crippen molar-refractivity contribution in [2.45, 2.75) is 0 Å². The zero-order valence-electron chi connectivity index (χ0n) is 8.47. The molecule has 1 unspecified atom stereocenters. The molecule has 2 aromatic rings. The second-order valence-corrected chi connectivity index (χ2v) is 3.42. The summed E-state index contributed by atoms with van der Waals surface area (Å²) in [5.41, 5.74) is 7.75. The van der Waals surface area contributed by atoms with E-state index in [2.05, 4.69) is 0 Å². The summed E-state index contributed by atoms with van der Waals surface area (Å²) < 4.78 is 1.94. The lowest BCUT2D eigenvalue weighted by molar-refractivity contribution is -0.750. The number of nitrogens with two attached hydrogens (primary N) is 1. The van der Waals surface area contributed by atoms with Gasteiger partial charge in [0, 0.05) is 18.5 Å². The molecule has 0 radical (unpaired) electrons. The standard InChI is InChI=1S/C11H13N3O/c1-13(15)11-8-9(4-5-10(11)12)14-6-2-3-7-14/h2-8,13H,12H2,1H3. The first-order valence-electron chi connectivity index (χ1n) is 4.72. The van der Waals surface area contributed by atoms with E-state index in [1.807, 2.05) is 35.2 Å². The van der Waals surface area contributed by atoms with Gasteiger partial charge in [-0.15, -0.1) is 0 Å². The molecule has 4 heteroatoms. The van der Waals surface area contributed by atoms with Crippen molar-refractivity contribution in [2.75, 3.05) is 12.8 Å². The van der Waals surface area contributed by atoms with Crippen LogP contribution in [0.25, 0.3) is 5.69 Å². The van der Waals surface area contributed by atoms with E-state index >= 15 is 0 Å². The first kappa shape index (κ1) is 9.76. The van der Waals surface area contributed by atoms with Crippen LogP contribution in [0.5, 0.6) is 0 Å². The third-order valence-electron chi connectivity index (χ3n) is 2.32. The van der Waals surface area contributed by atoms with Crippen LogP contribution in [0.1, 0.15) is 0 Å². The minimum Gasteiger partial charge on any atom is -0.629 e. The molecule has 1 aromatic heterocycles. The number of nitrogen functional groups attached to an aromatic ring is 1. The molecule has 15 heavy (non-hydrogen) atoms. The summed E-state index contributed by atoms with van der Waals surface area (Å²) in [6.45, 7) is 0. The number of hydrogen-bond acceptors (Lipinski definition) is 2. The van der Waals surface area contributed by atoms with Crippen molar-refractivity contribution in [3.63, 3.8) is 0 Å². The third kappa shape index (κ3) is 1.86. The van der Waals surface area contributed by atoms with E-state index in [0.29, 0.717) is 11.4 Å². The Balaban J connectivity index is 2.48. The average molecular weight is 203 g/mol. The lowest BCUT2D eigenvalue weighted by Gasteiger charge is -2.18. The Labute approximate surface area is 88.1 Å². The number of quaternary nitrogens is 1. The maximum atomic E-state index is 11.3. The molecule has 0 spiro atoms. The zero-order chi connectivity index (χ0) is 10.8. The quantitative estimate of drug-likeness (QED) is 0.557. The SMILES string of the molecule is C[NH+]([O-])c1cc(-n2cccc2)ccc1N. The van der Waals surface area contributed by atoms with E-state index in [9.17, 15) is 5.21 Å². The minimum absolute atomic E-state index is 0.0125. The lowest BCUT2D eigenvalue weighted by atomic mass is 10.2. The van der Waals surface area contributed by atoms with E-state index in [-0.39, 0.29) is 5.06 Å². The van der Waals surface area contributed by atoms with Crippen LogP contribution in [0.4, 0.5) is 11.4 Å². The van der Waals surface area contributed by atoms with Gasteiger partial charge in [-0.05, 0) is 24.3 Å². The molecule has 0 aliphatic rings. The van der Waals surface area contributed by atoms with Crippen LogP contribution in [-0.4, -0.2) is 11.6 Å². The molecular formula is C11H13N3O. The van der Waals surface area contributed by atoms with E-state index in [1.165, 1.54) is 7.05 Å². The average Bonchev–Trinajstić information content (AvgIpc) is 2.71. The summed E-state index contributed by atoms with van der Waals surface area (Å²) in [5.74, 6) is 0. The smallest absolute Gasteiger partial charge is 0.156 e. The molecule has 3 N–H and O–H groups in total. The number of hydrogen-bond donors (Lipinski definition) is 2. The number of aromatic nitrogens is 1. The van der Waals surface area contributed by atoms with Crippen molar-refractivity contribution < 1.29 is 5.06 Å². The molecule has 0 fully saturated rings. The fourth-order valence-corrected chi connectivity index (χ4v) is 1.52. The van der Waals surface area contributed by atoms with Crippen molar-refractivity contribution in [2.24, 2.45) is 0 Å². The van der Waals surface area contributed by atoms with Gasteiger partial charge in [-0.1, -0.05) is 0 Å². The van der Waals surface area contributed by atoms with E-state index in [1.54, 1.807) is 12.1 Å². The highest BCUT2D eigenvalue weighted by Crippen LogP contribution is 2.18. The number of hydroxylamine groups is 1. The van der Waals surface area contributed by atoms with Gasteiger partial charge >= 0.3 is 0 Å². The van der Waals surface area contributed by atoms with Crippen LogP contribution < -0.4 is 10.8 Å². The minimum atomic E-state index is -0.0125. The van der Waals surface area contributed by atoms with Crippen molar-refractivity contribution in [1.29, 1.82) is 0 Å². The zero-order valence-corrected chi connectivity index (χ0v) is 8.47. The summed E-state index contributed by atoms with van der Waals surface area (Å²) >= 11 is 0. The van der Waals surface area contributed by atoms with Gasteiger partial charge in [0.25, 0.3) is 0 Å². The molecule has 1 aromatic carbocycles. The van der Waals surface area contributed by atoms with Gasteiger partial charge in [0.1, 0.15) is 0 Å². The second-order valence-electron chi connectivity index (χ2n) is 3.42. The van der Waals surface area contributed by atoms with Crippen LogP contribution in [0, 0.1) is 5.21 Å². The number of rotatable bonds is 2. The Kier molecular flexibility index (Phi) is 2.45. The Morgan fingerprint density at radius 2 is 1.93 bits per heavy atom. The van der Waals surface area contributed by atoms with Crippen LogP contribution >= 0.6 is 0 Å². The first-order chi connectivity index (χ1) is 7.18. The molecule has 0 aliphatic carbocycles. The number of anilines is 1. The molecule has 0 aliphatic heterocycles. The van der Waals surface area contributed by atoms with Gasteiger partial charge < -0.3 is 20.6 Å². The van der Waals surface area contributed by atoms with Gasteiger partial charge in [0.05, 0.1) is 18.4 Å². The van der Waals surface area contributed by atoms with Crippen molar-refractivity contribution in [3.8, 4) is 5.69 Å². The summed E-state index contributed by atoms with van der Waals surface area (Å²) in [6, 6.07) is 9.32. The van der Waals surface area contributed by atoms with Crippen LogP contribution in [0.3, 0.4) is 0 Å². The molecule has 1 heterocycles. The number of nitrogens with zero attached hydrogens (tertiary/aromatic N) is 1. The predicted octanol–water partition coefficient (Wildman–Crippen LogP) is 0.703. The van der Waals surface area contributed by atoms with Crippen molar-refractivity contribution in [1.82, 2.24) is 4.57 Å². The van der Waals surface area contributed by atoms with Crippen molar-refractivity contribution >= 4 is 11.4 Å². The second kappa shape index (κ2) is 3.76. The maximum Gasteiger partial charge on any atom is 0.156 e. The third-order valence-corrected chi connectivity index (χ3v) is 2.32. The topological polar surface area (TPSA) is 58.5 Å². The van der Waals surface area contributed by atoms with Gasteiger partial charge in [0.2, 0.25) is 0 Å². The molecule has 0 saturated heterocycles. The fraction of sp³-hybridized carbons (Fsp3) is 0.0909. The molecule has 78 valence electrons. The van der Waals surface area contributed by atoms with E-state index in [4.69, 9.17) is 5.73 Å². The number of benzene rings is 1. The summed E-state index contributed by atoms with van der Waals surface area (Å²) in [6.07, 6.45) is 3.85. The summed E-state index contributed by atoms with van der Waals surface area (Å²) in [5, 5.41) is 11.3. The van der Waals surface area contributed by atoms with Crippen LogP contribution in [0.2, 0.25) is 0 Å². The first-order valence-corrected chi connectivity index (χ1v) is 4.72. The van der Waals surface area contributed by atoms with E-state index < -0.39 is 0 Å². The normalized spacial score (nSPS) is 12.7. The van der Waals surface area contributed by atoms with Gasteiger partial charge in [-0.25, -0.2) is 0 Å². The molecule has 0 bridgehead atoms. The maximum absolute atomic E-state index is 11.3. The largest absolute Gasteiger partial charge is 0.629 e. The highest BCUT2D eigenvalue weighted by Gasteiger charge is 2.05. The van der Waals surface area contributed by atoms with Gasteiger partial charge in [0.15, 0.2) is 5.69 Å². The van der Waals surface area contributed by atoms with Gasteiger partial charge in [-0.2, -0.15) is 0 Å². The molecular weight excluding hydrogens is 190 g/mol. The Morgan fingerprint density at radius 3 is 2.53 bits per heavy atom. The molecule has 4 nitrogen and oxygen atoms in total. The molecule has 2 rings (SSSR count). The number of nitrogens with one attached hydrogen (secondary N) is 1. The Bertz CT molecular complexity index is 449. The molecule has 0 amide bonds. The Hall–Kier alpha value is -1.78. The fourth-order valence-electron chi connectivity index (χ4n) is 1.52. The highest BCUT2D eigenvalue weighted by atomic mass is 16.5. The molecule has 1 atom stereocenters. The predicted molar refractivity (Wildman–Crippen MR) is 60.1 cm³/mol.